The number of nitrogens with zero attached hydrogens (tertiary/aromatic N) is 1. The molecule has 0 aromatic rings. The minimum absolute atomic E-state index is 0.266. The molecule has 0 aromatic carbocycles. The van der Waals surface area contributed by atoms with Gasteiger partial charge in [-0.1, -0.05) is 13.2 Å². The summed E-state index contributed by atoms with van der Waals surface area (Å²) >= 11 is 0. The monoisotopic (exact) mass is 283 g/mol. The molecule has 0 heterocycles. The van der Waals surface area contributed by atoms with E-state index in [4.69, 9.17) is 9.47 Å². The van der Waals surface area contributed by atoms with E-state index in [1.165, 1.54) is 0 Å². The predicted octanol–water partition coefficient (Wildman–Crippen LogP) is 1.94. The van der Waals surface area contributed by atoms with Crippen LogP contribution in [0.15, 0.2) is 24.3 Å². The number of ether oxygens (including phenoxy) is 2. The van der Waals surface area contributed by atoms with Gasteiger partial charge in [0.25, 0.3) is 0 Å². The second-order valence-electron chi connectivity index (χ2n) is 4.96. The Morgan fingerprint density at radius 3 is 1.55 bits per heavy atom. The first-order chi connectivity index (χ1) is 9.25. The molecule has 0 N–H and O–H groups in total. The van der Waals surface area contributed by atoms with E-state index in [9.17, 15) is 9.59 Å². The molecule has 0 unspecified atom stereocenters. The standard InChI is InChI=1S/C15H25NO4/c1-11(2)14(17)19-9-7-16(13(5)6)8-10-20-15(18)12(3)4/h13H,1,3,7-10H2,2,4-6H3. The second-order valence-corrected chi connectivity index (χ2v) is 4.96. The molecular formula is C15H25NO4. The molecule has 0 aromatic heterocycles. The maximum absolute atomic E-state index is 11.3. The van der Waals surface area contributed by atoms with Gasteiger partial charge in [0, 0.05) is 30.3 Å². The van der Waals surface area contributed by atoms with Gasteiger partial charge < -0.3 is 9.47 Å². The summed E-state index contributed by atoms with van der Waals surface area (Å²) in [6.07, 6.45) is 0. The Balaban J connectivity index is 4.05. The first kappa shape index (κ1) is 18.4. The van der Waals surface area contributed by atoms with Crippen LogP contribution in [0.3, 0.4) is 0 Å². The van der Waals surface area contributed by atoms with Crippen molar-refractivity contribution >= 4 is 11.9 Å². The minimum atomic E-state index is -0.387. The Morgan fingerprint density at radius 2 is 1.30 bits per heavy atom. The Hall–Kier alpha value is -1.62. The van der Waals surface area contributed by atoms with Gasteiger partial charge in [0.2, 0.25) is 0 Å². The van der Waals surface area contributed by atoms with Crippen LogP contribution in [-0.4, -0.2) is 49.2 Å². The first-order valence-corrected chi connectivity index (χ1v) is 6.65. The number of hydrogen-bond donors (Lipinski definition) is 0. The lowest BCUT2D eigenvalue weighted by molar-refractivity contribution is -0.139. The molecule has 0 atom stereocenters. The fraction of sp³-hybridized carbons (Fsp3) is 0.600. The normalized spacial score (nSPS) is 10.5. The summed E-state index contributed by atoms with van der Waals surface area (Å²) in [5.41, 5.74) is 0.771. The zero-order valence-corrected chi connectivity index (χ0v) is 12.9. The molecule has 0 bridgehead atoms. The molecule has 0 aliphatic rings. The molecular weight excluding hydrogens is 258 g/mol. The average Bonchev–Trinajstić information content (AvgIpc) is 2.35. The third-order valence-corrected chi connectivity index (χ3v) is 2.65. The van der Waals surface area contributed by atoms with Gasteiger partial charge in [-0.15, -0.1) is 0 Å². The molecule has 0 spiro atoms. The average molecular weight is 283 g/mol. The minimum Gasteiger partial charge on any atom is -0.461 e. The maximum atomic E-state index is 11.3. The van der Waals surface area contributed by atoms with Gasteiger partial charge in [-0.3, -0.25) is 4.90 Å². The van der Waals surface area contributed by atoms with E-state index in [2.05, 4.69) is 18.1 Å². The van der Waals surface area contributed by atoms with Gasteiger partial charge in [0.05, 0.1) is 0 Å². The van der Waals surface area contributed by atoms with Gasteiger partial charge >= 0.3 is 11.9 Å². The summed E-state index contributed by atoms with van der Waals surface area (Å²) < 4.78 is 10.1. The Bertz CT molecular complexity index is 342. The van der Waals surface area contributed by atoms with Crippen molar-refractivity contribution in [3.63, 3.8) is 0 Å². The Kier molecular flexibility index (Phi) is 8.56. The van der Waals surface area contributed by atoms with E-state index < -0.39 is 0 Å². The van der Waals surface area contributed by atoms with Crippen LogP contribution in [-0.2, 0) is 19.1 Å². The van der Waals surface area contributed by atoms with Gasteiger partial charge in [0.15, 0.2) is 0 Å². The van der Waals surface area contributed by atoms with Crippen LogP contribution < -0.4 is 0 Å². The van der Waals surface area contributed by atoms with Crippen molar-refractivity contribution in [3.8, 4) is 0 Å². The van der Waals surface area contributed by atoms with E-state index in [1.807, 2.05) is 13.8 Å². The van der Waals surface area contributed by atoms with Crippen molar-refractivity contribution in [1.82, 2.24) is 4.90 Å². The van der Waals surface area contributed by atoms with E-state index in [-0.39, 0.29) is 31.2 Å². The van der Waals surface area contributed by atoms with Crippen LogP contribution >= 0.6 is 0 Å². The van der Waals surface area contributed by atoms with Crippen LogP contribution in [0.4, 0.5) is 0 Å². The molecule has 20 heavy (non-hydrogen) atoms. The third-order valence-electron chi connectivity index (χ3n) is 2.65. The summed E-state index contributed by atoms with van der Waals surface area (Å²) in [6.45, 7) is 16.1. The smallest absolute Gasteiger partial charge is 0.333 e. The largest absolute Gasteiger partial charge is 0.461 e. The number of carbonyl (C=O) groups is 2. The number of rotatable bonds is 9. The SMILES string of the molecule is C=C(C)C(=O)OCCN(CCOC(=O)C(=C)C)C(C)C. The third kappa shape index (κ3) is 7.74. The van der Waals surface area contributed by atoms with E-state index in [0.717, 1.165) is 0 Å². The molecule has 0 aliphatic heterocycles. The van der Waals surface area contributed by atoms with Crippen LogP contribution in [0.1, 0.15) is 27.7 Å². The maximum Gasteiger partial charge on any atom is 0.333 e. The van der Waals surface area contributed by atoms with Crippen LogP contribution in [0.25, 0.3) is 0 Å². The Morgan fingerprint density at radius 1 is 0.950 bits per heavy atom. The highest BCUT2D eigenvalue weighted by atomic mass is 16.5. The molecule has 114 valence electrons. The van der Waals surface area contributed by atoms with Crippen LogP contribution in [0, 0.1) is 0 Å². The topological polar surface area (TPSA) is 55.8 Å². The fourth-order valence-electron chi connectivity index (χ4n) is 1.39. The molecule has 0 amide bonds. The summed E-state index contributed by atoms with van der Waals surface area (Å²) in [6, 6.07) is 0.266. The highest BCUT2D eigenvalue weighted by Gasteiger charge is 2.12. The highest BCUT2D eigenvalue weighted by Crippen LogP contribution is 2.00. The molecule has 5 nitrogen and oxygen atoms in total. The molecule has 0 saturated carbocycles. The van der Waals surface area contributed by atoms with Crippen molar-refractivity contribution in [2.24, 2.45) is 0 Å². The van der Waals surface area contributed by atoms with Crippen LogP contribution in [0.2, 0.25) is 0 Å². The molecule has 5 heteroatoms. The van der Waals surface area contributed by atoms with Crippen molar-refractivity contribution in [1.29, 1.82) is 0 Å². The summed E-state index contributed by atoms with van der Waals surface area (Å²) in [4.78, 5) is 24.6. The lowest BCUT2D eigenvalue weighted by Crippen LogP contribution is -2.37. The number of esters is 2. The summed E-state index contributed by atoms with van der Waals surface area (Å²) in [5.74, 6) is -0.773. The Labute approximate surface area is 121 Å². The molecule has 0 rings (SSSR count). The molecule has 0 fully saturated rings. The molecule has 0 aliphatic carbocycles. The van der Waals surface area contributed by atoms with Crippen molar-refractivity contribution in [3.05, 3.63) is 24.3 Å². The van der Waals surface area contributed by atoms with Crippen molar-refractivity contribution < 1.29 is 19.1 Å². The van der Waals surface area contributed by atoms with Gasteiger partial charge in [-0.25, -0.2) is 9.59 Å². The van der Waals surface area contributed by atoms with E-state index in [1.54, 1.807) is 13.8 Å². The van der Waals surface area contributed by atoms with Crippen molar-refractivity contribution in [2.75, 3.05) is 26.3 Å². The summed E-state index contributed by atoms with van der Waals surface area (Å²) in [7, 11) is 0. The fourth-order valence-corrected chi connectivity index (χ4v) is 1.39. The lowest BCUT2D eigenvalue weighted by atomic mass is 10.3. The summed E-state index contributed by atoms with van der Waals surface area (Å²) in [5, 5.41) is 0. The predicted molar refractivity (Wildman–Crippen MR) is 78.3 cm³/mol. The van der Waals surface area contributed by atoms with E-state index >= 15 is 0 Å². The molecule has 0 saturated heterocycles. The van der Waals surface area contributed by atoms with Gasteiger partial charge in [0.1, 0.15) is 13.2 Å². The first-order valence-electron chi connectivity index (χ1n) is 6.65. The van der Waals surface area contributed by atoms with Gasteiger partial charge in [-0.05, 0) is 27.7 Å². The quantitative estimate of drug-likeness (QED) is 0.478. The zero-order valence-electron chi connectivity index (χ0n) is 12.9. The zero-order chi connectivity index (χ0) is 15.7. The highest BCUT2D eigenvalue weighted by molar-refractivity contribution is 5.87. The van der Waals surface area contributed by atoms with Crippen LogP contribution in [0.5, 0.6) is 0 Å². The van der Waals surface area contributed by atoms with E-state index in [0.29, 0.717) is 24.2 Å². The number of carbonyl (C=O) groups excluding carboxylic acids is 2. The molecule has 0 radical (unpaired) electrons. The number of hydrogen-bond acceptors (Lipinski definition) is 5. The second kappa shape index (κ2) is 9.31. The van der Waals surface area contributed by atoms with Crippen molar-refractivity contribution in [2.45, 2.75) is 33.7 Å². The van der Waals surface area contributed by atoms with Gasteiger partial charge in [-0.2, -0.15) is 0 Å². The lowest BCUT2D eigenvalue weighted by Gasteiger charge is -2.25.